The van der Waals surface area contributed by atoms with Gasteiger partial charge in [0.15, 0.2) is 5.82 Å². The first-order valence-corrected chi connectivity index (χ1v) is 7.98. The molecule has 0 saturated carbocycles. The highest BCUT2D eigenvalue weighted by Crippen LogP contribution is 2.17. The lowest BCUT2D eigenvalue weighted by atomic mass is 10.3. The van der Waals surface area contributed by atoms with Gasteiger partial charge in [0.25, 0.3) is 0 Å². The van der Waals surface area contributed by atoms with Crippen molar-refractivity contribution >= 4 is 11.9 Å². The van der Waals surface area contributed by atoms with E-state index in [0.29, 0.717) is 11.8 Å². The molecule has 3 heterocycles. The Labute approximate surface area is 140 Å². The lowest BCUT2D eigenvalue weighted by molar-refractivity contribution is -0.124. The van der Waals surface area contributed by atoms with Crippen LogP contribution in [0.1, 0.15) is 31.6 Å². The van der Waals surface area contributed by atoms with Gasteiger partial charge in [-0.1, -0.05) is 0 Å². The zero-order valence-corrected chi connectivity index (χ0v) is 13.8. The number of carbonyl (C=O) groups is 1. The van der Waals surface area contributed by atoms with E-state index in [2.05, 4.69) is 30.3 Å². The van der Waals surface area contributed by atoms with Gasteiger partial charge in [0, 0.05) is 25.5 Å². The highest BCUT2D eigenvalue weighted by molar-refractivity contribution is 5.79. The van der Waals surface area contributed by atoms with Crippen LogP contribution >= 0.6 is 0 Å². The Kier molecular flexibility index (Phi) is 4.88. The highest BCUT2D eigenvalue weighted by atomic mass is 16.5. The summed E-state index contributed by atoms with van der Waals surface area (Å²) in [6.45, 7) is 3.85. The molecular formula is C15H21N7O2. The summed E-state index contributed by atoms with van der Waals surface area (Å²) >= 11 is 0. The van der Waals surface area contributed by atoms with Crippen LogP contribution in [0.25, 0.3) is 0 Å². The molecule has 128 valence electrons. The van der Waals surface area contributed by atoms with Crippen molar-refractivity contribution in [2.45, 2.75) is 32.4 Å². The number of nitrogens with one attached hydrogen (secondary N) is 1. The summed E-state index contributed by atoms with van der Waals surface area (Å²) < 4.78 is 6.75. The molecule has 1 aliphatic rings. The minimum Gasteiger partial charge on any atom is -0.467 e. The van der Waals surface area contributed by atoms with E-state index in [9.17, 15) is 4.79 Å². The van der Waals surface area contributed by atoms with Crippen LogP contribution in [0, 0.1) is 0 Å². The minimum absolute atomic E-state index is 0.152. The Bertz CT molecular complexity index is 683. The fraction of sp³-hybridized carbons (Fsp3) is 0.533. The van der Waals surface area contributed by atoms with Crippen LogP contribution in [0.15, 0.2) is 18.5 Å². The maximum atomic E-state index is 12.2. The van der Waals surface area contributed by atoms with E-state index in [1.807, 2.05) is 0 Å². The van der Waals surface area contributed by atoms with Crippen LogP contribution in [0.3, 0.4) is 0 Å². The second-order valence-electron chi connectivity index (χ2n) is 5.61. The largest absolute Gasteiger partial charge is 0.467 e. The third-order valence-corrected chi connectivity index (χ3v) is 3.94. The van der Waals surface area contributed by atoms with E-state index in [0.717, 1.165) is 25.9 Å². The fourth-order valence-electron chi connectivity index (χ4n) is 2.56. The molecule has 1 fully saturated rings. The molecule has 0 aromatic carbocycles. The Morgan fingerprint density at radius 1 is 1.33 bits per heavy atom. The van der Waals surface area contributed by atoms with Crippen molar-refractivity contribution in [2.24, 2.45) is 0 Å². The predicted octanol–water partition coefficient (Wildman–Crippen LogP) is 0.554. The van der Waals surface area contributed by atoms with Gasteiger partial charge in [-0.3, -0.25) is 9.48 Å². The van der Waals surface area contributed by atoms with Crippen molar-refractivity contribution in [3.8, 4) is 6.01 Å². The normalized spacial score (nSPS) is 15.3. The molecule has 2 aromatic heterocycles. The van der Waals surface area contributed by atoms with Gasteiger partial charge in [-0.05, 0) is 25.8 Å². The number of hydrogen-bond donors (Lipinski definition) is 1. The van der Waals surface area contributed by atoms with E-state index in [1.54, 1.807) is 30.1 Å². The van der Waals surface area contributed by atoms with Gasteiger partial charge in [0.1, 0.15) is 6.04 Å². The number of anilines is 1. The molecule has 1 aliphatic heterocycles. The maximum absolute atomic E-state index is 12.2. The van der Waals surface area contributed by atoms with E-state index < -0.39 is 6.04 Å². The van der Waals surface area contributed by atoms with Crippen LogP contribution in [0.5, 0.6) is 6.01 Å². The Morgan fingerprint density at radius 2 is 2.12 bits per heavy atom. The first-order valence-electron chi connectivity index (χ1n) is 7.98. The number of ether oxygens (including phenoxy) is 1. The summed E-state index contributed by atoms with van der Waals surface area (Å²) in [5.41, 5.74) is 0. The van der Waals surface area contributed by atoms with Gasteiger partial charge in [-0.25, -0.2) is 0 Å². The molecule has 0 bridgehead atoms. The topological polar surface area (TPSA) is 98.1 Å². The molecule has 1 amide bonds. The fourth-order valence-corrected chi connectivity index (χ4v) is 2.56. The number of rotatable bonds is 6. The highest BCUT2D eigenvalue weighted by Gasteiger charge is 2.19. The summed E-state index contributed by atoms with van der Waals surface area (Å²) in [7, 11) is 1.52. The molecule has 0 aliphatic carbocycles. The number of nitrogens with zero attached hydrogens (tertiary/aromatic N) is 6. The van der Waals surface area contributed by atoms with Gasteiger partial charge < -0.3 is 15.0 Å². The van der Waals surface area contributed by atoms with Crippen molar-refractivity contribution in [3.05, 3.63) is 24.3 Å². The van der Waals surface area contributed by atoms with Crippen molar-refractivity contribution in [3.63, 3.8) is 0 Å². The second-order valence-corrected chi connectivity index (χ2v) is 5.61. The molecular weight excluding hydrogens is 310 g/mol. The summed E-state index contributed by atoms with van der Waals surface area (Å²) in [4.78, 5) is 27.3. The van der Waals surface area contributed by atoms with Crippen LogP contribution in [0.2, 0.25) is 0 Å². The van der Waals surface area contributed by atoms with Crippen molar-refractivity contribution in [1.29, 1.82) is 0 Å². The molecule has 1 N–H and O–H groups in total. The summed E-state index contributed by atoms with van der Waals surface area (Å²) in [5.74, 6) is 0.925. The first-order chi connectivity index (χ1) is 11.7. The van der Waals surface area contributed by atoms with Crippen LogP contribution in [0.4, 0.5) is 5.95 Å². The quantitative estimate of drug-likeness (QED) is 0.825. The minimum atomic E-state index is -0.401. The average molecular weight is 331 g/mol. The number of methoxy groups -OCH3 is 1. The molecule has 9 heteroatoms. The van der Waals surface area contributed by atoms with Crippen molar-refractivity contribution in [1.82, 2.24) is 30.0 Å². The molecule has 1 atom stereocenters. The summed E-state index contributed by atoms with van der Waals surface area (Å²) in [5, 5.41) is 6.90. The van der Waals surface area contributed by atoms with Crippen LogP contribution in [-0.4, -0.2) is 50.8 Å². The standard InChI is InChI=1S/C15H21N7O2/c1-11(22-9-5-6-17-22)13(23)16-10-12-18-14(20-15(19-12)24-2)21-7-3-4-8-21/h5-6,9,11H,3-4,7-8,10H2,1-2H3,(H,16,23). The zero-order chi connectivity index (χ0) is 16.9. The summed E-state index contributed by atoms with van der Waals surface area (Å²) in [6.07, 6.45) is 5.65. The van der Waals surface area contributed by atoms with Crippen LogP contribution < -0.4 is 15.0 Å². The molecule has 1 unspecified atom stereocenters. The van der Waals surface area contributed by atoms with Crippen molar-refractivity contribution in [2.75, 3.05) is 25.1 Å². The molecule has 3 rings (SSSR count). The number of amides is 1. The third-order valence-electron chi connectivity index (χ3n) is 3.94. The lowest BCUT2D eigenvalue weighted by Crippen LogP contribution is -2.32. The van der Waals surface area contributed by atoms with E-state index in [4.69, 9.17) is 4.74 Å². The molecule has 1 saturated heterocycles. The summed E-state index contributed by atoms with van der Waals surface area (Å²) in [6, 6.07) is 1.64. The Balaban J connectivity index is 1.67. The van der Waals surface area contributed by atoms with Gasteiger partial charge in [0.2, 0.25) is 11.9 Å². The maximum Gasteiger partial charge on any atom is 0.321 e. The molecule has 2 aromatic rings. The number of aromatic nitrogens is 5. The molecule has 24 heavy (non-hydrogen) atoms. The van der Waals surface area contributed by atoms with E-state index >= 15 is 0 Å². The average Bonchev–Trinajstić information content (AvgIpc) is 3.32. The molecule has 0 spiro atoms. The number of hydrogen-bond acceptors (Lipinski definition) is 7. The Morgan fingerprint density at radius 3 is 2.79 bits per heavy atom. The monoisotopic (exact) mass is 331 g/mol. The van der Waals surface area contributed by atoms with E-state index in [1.165, 1.54) is 7.11 Å². The SMILES string of the molecule is COc1nc(CNC(=O)C(C)n2cccn2)nc(N2CCCC2)n1. The van der Waals surface area contributed by atoms with E-state index in [-0.39, 0.29) is 18.5 Å². The smallest absolute Gasteiger partial charge is 0.321 e. The molecule has 0 radical (unpaired) electrons. The predicted molar refractivity (Wildman–Crippen MR) is 86.6 cm³/mol. The van der Waals surface area contributed by atoms with Gasteiger partial charge >= 0.3 is 6.01 Å². The zero-order valence-electron chi connectivity index (χ0n) is 13.8. The molecule has 9 nitrogen and oxygen atoms in total. The first kappa shape index (κ1) is 16.2. The number of carbonyl (C=O) groups excluding carboxylic acids is 1. The van der Waals surface area contributed by atoms with Crippen LogP contribution in [-0.2, 0) is 11.3 Å². The van der Waals surface area contributed by atoms with Gasteiger partial charge in [-0.15, -0.1) is 0 Å². The van der Waals surface area contributed by atoms with Crippen molar-refractivity contribution < 1.29 is 9.53 Å². The van der Waals surface area contributed by atoms with Gasteiger partial charge in [0.05, 0.1) is 13.7 Å². The second kappa shape index (κ2) is 7.24. The Hall–Kier alpha value is -2.71. The van der Waals surface area contributed by atoms with Gasteiger partial charge in [-0.2, -0.15) is 20.1 Å². The third kappa shape index (κ3) is 3.61. The lowest BCUT2D eigenvalue weighted by Gasteiger charge is -2.16.